The lowest BCUT2D eigenvalue weighted by Crippen LogP contribution is -2.22. The molecular formula is C20H23N3OS2. The highest BCUT2D eigenvalue weighted by atomic mass is 32.2. The molecule has 0 aliphatic carbocycles. The number of nitrogens with zero attached hydrogens (tertiary/aromatic N) is 2. The molecular weight excluding hydrogens is 362 g/mol. The number of hydrogen-bond donors (Lipinski definition) is 1. The van der Waals surface area contributed by atoms with Gasteiger partial charge in [-0.2, -0.15) is 0 Å². The van der Waals surface area contributed by atoms with Crippen LogP contribution in [0.15, 0.2) is 29.3 Å². The number of nitrogens with one attached hydrogen (secondary N) is 1. The van der Waals surface area contributed by atoms with Gasteiger partial charge in [0.1, 0.15) is 15.7 Å². The van der Waals surface area contributed by atoms with Crippen LogP contribution in [-0.2, 0) is 11.2 Å². The van der Waals surface area contributed by atoms with Crippen LogP contribution < -0.4 is 5.32 Å². The van der Waals surface area contributed by atoms with E-state index in [0.717, 1.165) is 33.2 Å². The maximum absolute atomic E-state index is 12.6. The van der Waals surface area contributed by atoms with Crippen molar-refractivity contribution in [1.82, 2.24) is 9.97 Å². The van der Waals surface area contributed by atoms with Crippen molar-refractivity contribution in [3.63, 3.8) is 0 Å². The zero-order valence-corrected chi connectivity index (χ0v) is 17.3. The maximum atomic E-state index is 12.6. The van der Waals surface area contributed by atoms with Crippen molar-refractivity contribution in [3.8, 4) is 0 Å². The summed E-state index contributed by atoms with van der Waals surface area (Å²) in [6.07, 6.45) is 0.989. The van der Waals surface area contributed by atoms with Crippen LogP contribution in [0.2, 0.25) is 0 Å². The summed E-state index contributed by atoms with van der Waals surface area (Å²) in [7, 11) is 0. The van der Waals surface area contributed by atoms with Crippen molar-refractivity contribution >= 4 is 44.9 Å². The molecule has 1 atom stereocenters. The molecule has 3 rings (SSSR count). The number of amides is 1. The minimum Gasteiger partial charge on any atom is -0.325 e. The number of aryl methyl sites for hydroxylation is 4. The molecule has 4 nitrogen and oxygen atoms in total. The van der Waals surface area contributed by atoms with E-state index >= 15 is 0 Å². The summed E-state index contributed by atoms with van der Waals surface area (Å²) in [4.78, 5) is 24.0. The Hall–Kier alpha value is -1.92. The third-order valence-electron chi connectivity index (χ3n) is 4.39. The smallest absolute Gasteiger partial charge is 0.237 e. The number of thiophene rings is 1. The summed E-state index contributed by atoms with van der Waals surface area (Å²) >= 11 is 3.18. The molecule has 0 fully saturated rings. The molecule has 0 spiro atoms. The first-order chi connectivity index (χ1) is 12.4. The van der Waals surface area contributed by atoms with Crippen molar-refractivity contribution in [1.29, 1.82) is 0 Å². The number of fused-ring (bicyclic) bond motifs is 1. The Bertz CT molecular complexity index is 948. The van der Waals surface area contributed by atoms with E-state index in [1.807, 2.05) is 38.1 Å². The topological polar surface area (TPSA) is 54.9 Å². The van der Waals surface area contributed by atoms with Gasteiger partial charge in [0.2, 0.25) is 5.91 Å². The molecule has 26 heavy (non-hydrogen) atoms. The van der Waals surface area contributed by atoms with E-state index in [-0.39, 0.29) is 11.2 Å². The van der Waals surface area contributed by atoms with Gasteiger partial charge in [-0.15, -0.1) is 11.3 Å². The molecule has 136 valence electrons. The lowest BCUT2D eigenvalue weighted by molar-refractivity contribution is -0.115. The highest BCUT2D eigenvalue weighted by molar-refractivity contribution is 8.00. The summed E-state index contributed by atoms with van der Waals surface area (Å²) in [5.41, 5.74) is 3.29. The van der Waals surface area contributed by atoms with Gasteiger partial charge in [0.05, 0.1) is 5.25 Å². The van der Waals surface area contributed by atoms with Crippen molar-refractivity contribution in [3.05, 3.63) is 46.1 Å². The Balaban J connectivity index is 1.79. The molecule has 6 heteroatoms. The SMILES string of the molecule is CCc1ccc(NC(=O)[C@@H](C)Sc2nc(C)nc3sc(C)c(C)c23)cc1. The third kappa shape index (κ3) is 3.91. The van der Waals surface area contributed by atoms with Gasteiger partial charge in [-0.05, 0) is 57.4 Å². The monoisotopic (exact) mass is 385 g/mol. The fourth-order valence-electron chi connectivity index (χ4n) is 2.69. The summed E-state index contributed by atoms with van der Waals surface area (Å²) in [6, 6.07) is 7.99. The van der Waals surface area contributed by atoms with E-state index in [4.69, 9.17) is 0 Å². The van der Waals surface area contributed by atoms with Gasteiger partial charge in [-0.25, -0.2) is 9.97 Å². The zero-order chi connectivity index (χ0) is 18.8. The normalized spacial score (nSPS) is 12.3. The number of aromatic nitrogens is 2. The predicted octanol–water partition coefficient (Wildman–Crippen LogP) is 5.30. The lowest BCUT2D eigenvalue weighted by atomic mass is 10.1. The second-order valence-corrected chi connectivity index (χ2v) is 8.87. The minimum absolute atomic E-state index is 0.0201. The molecule has 2 heterocycles. The predicted molar refractivity (Wildman–Crippen MR) is 111 cm³/mol. The second-order valence-electron chi connectivity index (χ2n) is 6.34. The van der Waals surface area contributed by atoms with Gasteiger partial charge < -0.3 is 5.32 Å². The molecule has 1 amide bonds. The number of benzene rings is 1. The maximum Gasteiger partial charge on any atom is 0.237 e. The Labute approximate surface area is 162 Å². The highest BCUT2D eigenvalue weighted by Gasteiger charge is 2.20. The molecule has 1 N–H and O–H groups in total. The lowest BCUT2D eigenvalue weighted by Gasteiger charge is -2.13. The fraction of sp³-hybridized carbons (Fsp3) is 0.350. The number of rotatable bonds is 5. The molecule has 0 saturated carbocycles. The van der Waals surface area contributed by atoms with Crippen LogP contribution >= 0.6 is 23.1 Å². The Morgan fingerprint density at radius 3 is 2.54 bits per heavy atom. The van der Waals surface area contributed by atoms with Gasteiger partial charge in [-0.3, -0.25) is 4.79 Å². The molecule has 0 unspecified atom stereocenters. The molecule has 2 aromatic heterocycles. The van der Waals surface area contributed by atoms with E-state index in [1.54, 1.807) is 11.3 Å². The summed E-state index contributed by atoms with van der Waals surface area (Å²) < 4.78 is 0. The Morgan fingerprint density at radius 2 is 1.88 bits per heavy atom. The minimum atomic E-state index is -0.252. The number of carbonyl (C=O) groups excluding carboxylic acids is 1. The Kier molecular flexibility index (Phi) is 5.63. The van der Waals surface area contributed by atoms with E-state index in [1.165, 1.54) is 27.8 Å². The molecule has 0 bridgehead atoms. The van der Waals surface area contributed by atoms with E-state index in [2.05, 4.69) is 36.1 Å². The molecule has 0 aliphatic rings. The van der Waals surface area contributed by atoms with Crippen molar-refractivity contribution in [2.75, 3.05) is 5.32 Å². The van der Waals surface area contributed by atoms with Crippen LogP contribution in [-0.4, -0.2) is 21.1 Å². The van der Waals surface area contributed by atoms with Crippen molar-refractivity contribution < 1.29 is 4.79 Å². The van der Waals surface area contributed by atoms with Gasteiger partial charge in [0.15, 0.2) is 0 Å². The quantitative estimate of drug-likeness (QED) is 0.478. The fourth-order valence-corrected chi connectivity index (χ4v) is 4.88. The average Bonchev–Trinajstić information content (AvgIpc) is 2.89. The van der Waals surface area contributed by atoms with Gasteiger partial charge in [-0.1, -0.05) is 30.8 Å². The van der Waals surface area contributed by atoms with Crippen LogP contribution in [0.25, 0.3) is 10.2 Å². The zero-order valence-electron chi connectivity index (χ0n) is 15.7. The largest absolute Gasteiger partial charge is 0.325 e. The number of thioether (sulfide) groups is 1. The van der Waals surface area contributed by atoms with Crippen LogP contribution in [0, 0.1) is 20.8 Å². The molecule has 0 radical (unpaired) electrons. The number of anilines is 1. The van der Waals surface area contributed by atoms with Crippen LogP contribution in [0.1, 0.15) is 35.7 Å². The van der Waals surface area contributed by atoms with Crippen LogP contribution in [0.5, 0.6) is 0 Å². The van der Waals surface area contributed by atoms with E-state index in [9.17, 15) is 4.79 Å². The molecule has 1 aromatic carbocycles. The first kappa shape index (κ1) is 18.9. The molecule has 3 aromatic rings. The summed E-state index contributed by atoms with van der Waals surface area (Å²) in [5.74, 6) is 0.720. The summed E-state index contributed by atoms with van der Waals surface area (Å²) in [5, 5.41) is 4.71. The van der Waals surface area contributed by atoms with Crippen molar-refractivity contribution in [2.24, 2.45) is 0 Å². The van der Waals surface area contributed by atoms with Gasteiger partial charge in [0, 0.05) is 16.0 Å². The van der Waals surface area contributed by atoms with Crippen LogP contribution in [0.3, 0.4) is 0 Å². The Morgan fingerprint density at radius 1 is 1.19 bits per heavy atom. The van der Waals surface area contributed by atoms with E-state index in [0.29, 0.717) is 0 Å². The summed E-state index contributed by atoms with van der Waals surface area (Å²) in [6.45, 7) is 10.1. The molecule has 0 aliphatic heterocycles. The van der Waals surface area contributed by atoms with Gasteiger partial charge in [0.25, 0.3) is 0 Å². The second kappa shape index (κ2) is 7.76. The average molecular weight is 386 g/mol. The van der Waals surface area contributed by atoms with Crippen molar-refractivity contribution in [2.45, 2.75) is 51.3 Å². The first-order valence-electron chi connectivity index (χ1n) is 8.69. The van der Waals surface area contributed by atoms with Gasteiger partial charge >= 0.3 is 0 Å². The highest BCUT2D eigenvalue weighted by Crippen LogP contribution is 2.36. The third-order valence-corrected chi connectivity index (χ3v) is 6.58. The molecule has 0 saturated heterocycles. The van der Waals surface area contributed by atoms with E-state index < -0.39 is 0 Å². The standard InChI is InChI=1S/C20H23N3OS2/c1-6-15-7-9-16(10-8-15)23-18(24)13(4)26-20-17-11(2)12(3)25-19(17)21-14(5)22-20/h7-10,13H,6H2,1-5H3,(H,23,24)/t13-/m1/s1. The van der Waals surface area contributed by atoms with Crippen LogP contribution in [0.4, 0.5) is 5.69 Å². The number of hydrogen-bond acceptors (Lipinski definition) is 5. The number of carbonyl (C=O) groups is 1. The first-order valence-corrected chi connectivity index (χ1v) is 10.4.